The predicted octanol–water partition coefficient (Wildman–Crippen LogP) is 2.50. The Kier molecular flexibility index (Phi) is 2.18. The maximum atomic E-state index is 10.6. The van der Waals surface area contributed by atoms with Crippen molar-refractivity contribution >= 4 is 0 Å². The zero-order valence-electron chi connectivity index (χ0n) is 11.3. The van der Waals surface area contributed by atoms with E-state index in [1.807, 2.05) is 6.92 Å². The molecule has 0 aromatic rings. The van der Waals surface area contributed by atoms with Crippen molar-refractivity contribution in [3.05, 3.63) is 11.1 Å². The Morgan fingerprint density at radius 2 is 1.82 bits per heavy atom. The molecule has 3 rings (SSSR count). The van der Waals surface area contributed by atoms with E-state index >= 15 is 0 Å². The van der Waals surface area contributed by atoms with E-state index in [4.69, 9.17) is 0 Å². The largest absolute Gasteiger partial charge is 0.389 e. The number of aliphatic hydroxyl groups is 2. The van der Waals surface area contributed by atoms with Crippen LogP contribution in [0.25, 0.3) is 0 Å². The van der Waals surface area contributed by atoms with Gasteiger partial charge in [0.2, 0.25) is 0 Å². The van der Waals surface area contributed by atoms with Gasteiger partial charge in [-0.3, -0.25) is 0 Å². The fourth-order valence-corrected chi connectivity index (χ4v) is 5.43. The summed E-state index contributed by atoms with van der Waals surface area (Å²) in [6, 6.07) is 0. The van der Waals surface area contributed by atoms with Gasteiger partial charge in [-0.2, -0.15) is 0 Å². The van der Waals surface area contributed by atoms with Crippen LogP contribution < -0.4 is 0 Å². The first kappa shape index (κ1) is 11.7. The summed E-state index contributed by atoms with van der Waals surface area (Å²) in [4.78, 5) is 0. The van der Waals surface area contributed by atoms with Crippen LogP contribution in [0.4, 0.5) is 0 Å². The van der Waals surface area contributed by atoms with E-state index in [-0.39, 0.29) is 23.0 Å². The summed E-state index contributed by atoms with van der Waals surface area (Å²) >= 11 is 0. The Morgan fingerprint density at radius 3 is 2.47 bits per heavy atom. The molecule has 0 aromatic heterocycles. The van der Waals surface area contributed by atoms with Gasteiger partial charge in [0.25, 0.3) is 0 Å². The highest BCUT2D eigenvalue weighted by Gasteiger charge is 2.68. The number of rotatable bonds is 0. The second kappa shape index (κ2) is 3.16. The fraction of sp³-hybridized carbons (Fsp3) is 0.867. The highest BCUT2D eigenvalue weighted by Crippen LogP contribution is 2.72. The molecule has 3 aliphatic carbocycles. The average molecular weight is 236 g/mol. The molecule has 96 valence electrons. The van der Waals surface area contributed by atoms with Gasteiger partial charge in [-0.05, 0) is 54.6 Å². The van der Waals surface area contributed by atoms with Crippen molar-refractivity contribution in [2.75, 3.05) is 0 Å². The summed E-state index contributed by atoms with van der Waals surface area (Å²) in [5.74, 6) is 0.962. The number of hydrogen-bond acceptors (Lipinski definition) is 2. The quantitative estimate of drug-likeness (QED) is 0.634. The first-order valence-corrected chi connectivity index (χ1v) is 6.91. The molecule has 1 spiro atoms. The Hall–Kier alpha value is -0.340. The van der Waals surface area contributed by atoms with E-state index in [1.165, 1.54) is 12.0 Å². The summed E-state index contributed by atoms with van der Waals surface area (Å²) < 4.78 is 0. The molecule has 0 saturated heterocycles. The lowest BCUT2D eigenvalue weighted by Gasteiger charge is -2.51. The van der Waals surface area contributed by atoms with Crippen LogP contribution in [0.2, 0.25) is 0 Å². The Morgan fingerprint density at radius 1 is 1.18 bits per heavy atom. The number of hydrogen-bond donors (Lipinski definition) is 2. The second-order valence-corrected chi connectivity index (χ2v) is 7.04. The van der Waals surface area contributed by atoms with Crippen molar-refractivity contribution in [2.45, 2.75) is 59.2 Å². The third-order valence-corrected chi connectivity index (χ3v) is 6.43. The normalized spacial score (nSPS) is 51.9. The summed E-state index contributed by atoms with van der Waals surface area (Å²) in [6.45, 7) is 8.92. The van der Waals surface area contributed by atoms with Crippen molar-refractivity contribution < 1.29 is 10.2 Å². The van der Waals surface area contributed by atoms with E-state index < -0.39 is 0 Å². The molecule has 2 nitrogen and oxygen atoms in total. The van der Waals surface area contributed by atoms with E-state index in [0.29, 0.717) is 11.8 Å². The third-order valence-electron chi connectivity index (χ3n) is 6.43. The minimum Gasteiger partial charge on any atom is -0.389 e. The van der Waals surface area contributed by atoms with Crippen LogP contribution >= 0.6 is 0 Å². The van der Waals surface area contributed by atoms with E-state index in [9.17, 15) is 10.2 Å². The minimum atomic E-state index is -0.333. The molecule has 2 N–H and O–H groups in total. The van der Waals surface area contributed by atoms with Crippen molar-refractivity contribution in [3.63, 3.8) is 0 Å². The lowest BCUT2D eigenvalue weighted by molar-refractivity contribution is -0.0384. The SMILES string of the molecule is CC1=C2[C@@H](O)[C@H]3CC[C@@H](C)[C@]2(C[C@@H]1O)C3(C)C. The standard InChI is InChI=1S/C15H24O2/c1-8-5-6-10-13(17)12-9(2)11(16)7-15(8,12)14(10,3)4/h8,10-11,13,16-17H,5-7H2,1-4H3/t8-,10-,11+,13+,15+/m1/s1. The summed E-state index contributed by atoms with van der Waals surface area (Å²) in [5, 5.41) is 20.8. The first-order chi connectivity index (χ1) is 7.84. The minimum absolute atomic E-state index is 0.0544. The first-order valence-electron chi connectivity index (χ1n) is 6.91. The van der Waals surface area contributed by atoms with Crippen LogP contribution in [0.3, 0.4) is 0 Å². The molecule has 2 saturated carbocycles. The highest BCUT2D eigenvalue weighted by atomic mass is 16.3. The van der Waals surface area contributed by atoms with Gasteiger partial charge >= 0.3 is 0 Å². The maximum absolute atomic E-state index is 10.6. The monoisotopic (exact) mass is 236 g/mol. The smallest absolute Gasteiger partial charge is 0.0792 e. The molecular formula is C15H24O2. The van der Waals surface area contributed by atoms with E-state index in [1.54, 1.807) is 0 Å². The summed E-state index contributed by atoms with van der Waals surface area (Å²) in [7, 11) is 0. The van der Waals surface area contributed by atoms with Crippen LogP contribution in [0, 0.1) is 22.7 Å². The molecule has 2 fully saturated rings. The molecule has 3 aliphatic rings. The van der Waals surface area contributed by atoms with Gasteiger partial charge < -0.3 is 10.2 Å². The van der Waals surface area contributed by atoms with Gasteiger partial charge in [-0.1, -0.05) is 20.8 Å². The van der Waals surface area contributed by atoms with Crippen molar-refractivity contribution in [1.82, 2.24) is 0 Å². The lowest BCUT2D eigenvalue weighted by atomic mass is 9.53. The zero-order valence-corrected chi connectivity index (χ0v) is 11.3. The van der Waals surface area contributed by atoms with Crippen molar-refractivity contribution in [2.24, 2.45) is 22.7 Å². The third kappa shape index (κ3) is 1.05. The van der Waals surface area contributed by atoms with Crippen LogP contribution in [-0.2, 0) is 0 Å². The van der Waals surface area contributed by atoms with E-state index in [2.05, 4.69) is 20.8 Å². The van der Waals surface area contributed by atoms with Gasteiger partial charge in [0, 0.05) is 5.41 Å². The Labute approximate surface area is 104 Å². The molecule has 2 bridgehead atoms. The van der Waals surface area contributed by atoms with Crippen molar-refractivity contribution in [3.8, 4) is 0 Å². The average Bonchev–Trinajstić information content (AvgIpc) is 2.53. The lowest BCUT2D eigenvalue weighted by Crippen LogP contribution is -2.45. The second-order valence-electron chi connectivity index (χ2n) is 7.04. The molecular weight excluding hydrogens is 212 g/mol. The molecule has 0 unspecified atom stereocenters. The molecule has 17 heavy (non-hydrogen) atoms. The fourth-order valence-electron chi connectivity index (χ4n) is 5.43. The zero-order chi connectivity index (χ0) is 12.6. The molecule has 0 radical (unpaired) electrons. The van der Waals surface area contributed by atoms with Crippen LogP contribution in [0.5, 0.6) is 0 Å². The van der Waals surface area contributed by atoms with Gasteiger partial charge in [0.15, 0.2) is 0 Å². The van der Waals surface area contributed by atoms with Crippen LogP contribution in [0.15, 0.2) is 11.1 Å². The van der Waals surface area contributed by atoms with Gasteiger partial charge in [0.1, 0.15) is 0 Å². The predicted molar refractivity (Wildman–Crippen MR) is 67.4 cm³/mol. The molecule has 0 aliphatic heterocycles. The van der Waals surface area contributed by atoms with Crippen LogP contribution in [0.1, 0.15) is 47.0 Å². The van der Waals surface area contributed by atoms with Crippen LogP contribution in [-0.4, -0.2) is 22.4 Å². The van der Waals surface area contributed by atoms with Gasteiger partial charge in [-0.15, -0.1) is 0 Å². The van der Waals surface area contributed by atoms with Gasteiger partial charge in [0.05, 0.1) is 12.2 Å². The van der Waals surface area contributed by atoms with E-state index in [0.717, 1.165) is 18.4 Å². The topological polar surface area (TPSA) is 40.5 Å². The van der Waals surface area contributed by atoms with Crippen molar-refractivity contribution in [1.29, 1.82) is 0 Å². The molecule has 0 aromatic carbocycles. The maximum Gasteiger partial charge on any atom is 0.0792 e. The molecule has 2 heteroatoms. The Bertz CT molecular complexity index is 396. The molecule has 0 heterocycles. The highest BCUT2D eigenvalue weighted by molar-refractivity contribution is 5.43. The number of fused-ring (bicyclic) bond motifs is 1. The summed E-state index contributed by atoms with van der Waals surface area (Å²) in [5.41, 5.74) is 2.43. The molecule has 5 atom stereocenters. The number of aliphatic hydroxyl groups excluding tert-OH is 2. The Balaban J connectivity index is 2.25. The molecule has 0 amide bonds. The summed E-state index contributed by atoms with van der Waals surface area (Å²) in [6.07, 6.45) is 2.50. The van der Waals surface area contributed by atoms with Gasteiger partial charge in [-0.25, -0.2) is 0 Å².